The smallest absolute Gasteiger partial charge is 0.124 e. The summed E-state index contributed by atoms with van der Waals surface area (Å²) in [6, 6.07) is 7.90. The SMILES string of the molecule is CCCCC(CC)CN(C)c1ccccc1C(=N)N. The zero-order valence-corrected chi connectivity index (χ0v) is 12.4. The van der Waals surface area contributed by atoms with E-state index in [1.54, 1.807) is 0 Å². The molecule has 0 spiro atoms. The van der Waals surface area contributed by atoms with Gasteiger partial charge in [-0.25, -0.2) is 0 Å². The van der Waals surface area contributed by atoms with Crippen LogP contribution in [-0.4, -0.2) is 19.4 Å². The first-order valence-electron chi connectivity index (χ1n) is 7.24. The van der Waals surface area contributed by atoms with Gasteiger partial charge in [-0.1, -0.05) is 45.2 Å². The monoisotopic (exact) mass is 261 g/mol. The van der Waals surface area contributed by atoms with Gasteiger partial charge in [0, 0.05) is 24.8 Å². The Balaban J connectivity index is 2.76. The highest BCUT2D eigenvalue weighted by molar-refractivity contribution is 6.00. The summed E-state index contributed by atoms with van der Waals surface area (Å²) in [6.45, 7) is 5.52. The zero-order chi connectivity index (χ0) is 14.3. The summed E-state index contributed by atoms with van der Waals surface area (Å²) in [4.78, 5) is 2.24. The molecule has 3 N–H and O–H groups in total. The largest absolute Gasteiger partial charge is 0.384 e. The van der Waals surface area contributed by atoms with Gasteiger partial charge < -0.3 is 10.6 Å². The van der Waals surface area contributed by atoms with Gasteiger partial charge in [-0.3, -0.25) is 5.41 Å². The molecule has 3 heteroatoms. The van der Waals surface area contributed by atoms with E-state index >= 15 is 0 Å². The fraction of sp³-hybridized carbons (Fsp3) is 0.562. The van der Waals surface area contributed by atoms with E-state index in [1.807, 2.05) is 24.3 Å². The van der Waals surface area contributed by atoms with Crippen molar-refractivity contribution < 1.29 is 0 Å². The zero-order valence-electron chi connectivity index (χ0n) is 12.4. The summed E-state index contributed by atoms with van der Waals surface area (Å²) in [5.74, 6) is 0.856. The maximum Gasteiger partial charge on any atom is 0.124 e. The maximum absolute atomic E-state index is 7.66. The molecule has 0 aliphatic rings. The minimum absolute atomic E-state index is 0.143. The molecule has 0 amide bonds. The Labute approximate surface area is 117 Å². The van der Waals surface area contributed by atoms with E-state index in [-0.39, 0.29) is 5.84 Å². The van der Waals surface area contributed by atoms with Crippen LogP contribution < -0.4 is 10.6 Å². The number of nitrogen functional groups attached to an aromatic ring is 1. The molecule has 0 bridgehead atoms. The van der Waals surface area contributed by atoms with E-state index in [0.717, 1.165) is 17.8 Å². The minimum atomic E-state index is 0.143. The number of nitrogens with one attached hydrogen (secondary N) is 1. The molecule has 0 radical (unpaired) electrons. The molecule has 0 aromatic heterocycles. The summed E-state index contributed by atoms with van der Waals surface area (Å²) in [7, 11) is 2.09. The second-order valence-corrected chi connectivity index (χ2v) is 5.23. The van der Waals surface area contributed by atoms with Gasteiger partial charge in [0.25, 0.3) is 0 Å². The molecule has 1 unspecified atom stereocenters. The van der Waals surface area contributed by atoms with Crippen LogP contribution in [0.4, 0.5) is 5.69 Å². The number of anilines is 1. The summed E-state index contributed by atoms with van der Waals surface area (Å²) in [5.41, 5.74) is 7.54. The van der Waals surface area contributed by atoms with Crippen LogP contribution in [0.2, 0.25) is 0 Å². The molecule has 1 aromatic rings. The van der Waals surface area contributed by atoms with Crippen molar-refractivity contribution in [2.45, 2.75) is 39.5 Å². The van der Waals surface area contributed by atoms with Crippen molar-refractivity contribution in [2.75, 3.05) is 18.5 Å². The van der Waals surface area contributed by atoms with E-state index in [0.29, 0.717) is 5.92 Å². The highest BCUT2D eigenvalue weighted by Gasteiger charge is 2.13. The lowest BCUT2D eigenvalue weighted by molar-refractivity contribution is 0.453. The van der Waals surface area contributed by atoms with E-state index in [9.17, 15) is 0 Å². The third-order valence-corrected chi connectivity index (χ3v) is 3.68. The minimum Gasteiger partial charge on any atom is -0.384 e. The average molecular weight is 261 g/mol. The first-order chi connectivity index (χ1) is 9.10. The van der Waals surface area contributed by atoms with Crippen molar-refractivity contribution in [3.63, 3.8) is 0 Å². The molecule has 106 valence electrons. The van der Waals surface area contributed by atoms with Crippen molar-refractivity contribution >= 4 is 11.5 Å². The first kappa shape index (κ1) is 15.5. The average Bonchev–Trinajstić information content (AvgIpc) is 2.43. The second-order valence-electron chi connectivity index (χ2n) is 5.23. The highest BCUT2D eigenvalue weighted by Crippen LogP contribution is 2.22. The van der Waals surface area contributed by atoms with Gasteiger partial charge in [0.05, 0.1) is 0 Å². The van der Waals surface area contributed by atoms with Crippen molar-refractivity contribution in [1.29, 1.82) is 5.41 Å². The van der Waals surface area contributed by atoms with Crippen LogP contribution in [0.15, 0.2) is 24.3 Å². The number of benzene rings is 1. The molecule has 0 fully saturated rings. The first-order valence-corrected chi connectivity index (χ1v) is 7.24. The van der Waals surface area contributed by atoms with Gasteiger partial charge in [0.1, 0.15) is 5.84 Å². The standard InChI is InChI=1S/C16H27N3/c1-4-6-9-13(5-2)12-19(3)15-11-8-7-10-14(15)16(17)18/h7-8,10-11,13H,4-6,9,12H2,1-3H3,(H3,17,18). The Morgan fingerprint density at radius 3 is 2.58 bits per heavy atom. The van der Waals surface area contributed by atoms with E-state index < -0.39 is 0 Å². The molecule has 3 nitrogen and oxygen atoms in total. The van der Waals surface area contributed by atoms with Crippen molar-refractivity contribution in [3.8, 4) is 0 Å². The molecule has 0 heterocycles. The van der Waals surface area contributed by atoms with Crippen LogP contribution in [0, 0.1) is 11.3 Å². The number of nitrogens with zero attached hydrogens (tertiary/aromatic N) is 1. The van der Waals surface area contributed by atoms with Gasteiger partial charge in [0.2, 0.25) is 0 Å². The quantitative estimate of drug-likeness (QED) is 0.554. The lowest BCUT2D eigenvalue weighted by Gasteiger charge is -2.26. The predicted molar refractivity (Wildman–Crippen MR) is 84.0 cm³/mol. The molecule has 0 aliphatic carbocycles. The molecule has 19 heavy (non-hydrogen) atoms. The maximum atomic E-state index is 7.66. The van der Waals surface area contributed by atoms with Crippen LogP contribution >= 0.6 is 0 Å². The Morgan fingerprint density at radius 2 is 2.00 bits per heavy atom. The third-order valence-electron chi connectivity index (χ3n) is 3.68. The summed E-state index contributed by atoms with van der Waals surface area (Å²) < 4.78 is 0. The summed E-state index contributed by atoms with van der Waals surface area (Å²) in [6.07, 6.45) is 5.02. The van der Waals surface area contributed by atoms with Gasteiger partial charge in [0.15, 0.2) is 0 Å². The van der Waals surface area contributed by atoms with Crippen LogP contribution in [0.25, 0.3) is 0 Å². The van der Waals surface area contributed by atoms with Gasteiger partial charge >= 0.3 is 0 Å². The summed E-state index contributed by atoms with van der Waals surface area (Å²) in [5, 5.41) is 7.66. The topological polar surface area (TPSA) is 53.1 Å². The van der Waals surface area contributed by atoms with Crippen molar-refractivity contribution in [3.05, 3.63) is 29.8 Å². The van der Waals surface area contributed by atoms with E-state index in [1.165, 1.54) is 25.7 Å². The van der Waals surface area contributed by atoms with Crippen molar-refractivity contribution in [2.24, 2.45) is 11.7 Å². The molecular formula is C16H27N3. The molecule has 1 rings (SSSR count). The molecule has 0 saturated heterocycles. The number of nitrogens with two attached hydrogens (primary N) is 1. The van der Waals surface area contributed by atoms with Crippen LogP contribution in [0.3, 0.4) is 0 Å². The van der Waals surface area contributed by atoms with Gasteiger partial charge in [-0.05, 0) is 24.5 Å². The van der Waals surface area contributed by atoms with Crippen LogP contribution in [0.5, 0.6) is 0 Å². The Kier molecular flexibility index (Phi) is 6.40. The Hall–Kier alpha value is -1.51. The molecule has 0 saturated carbocycles. The summed E-state index contributed by atoms with van der Waals surface area (Å²) >= 11 is 0. The highest BCUT2D eigenvalue weighted by atomic mass is 15.1. The normalized spacial score (nSPS) is 12.2. The molecular weight excluding hydrogens is 234 g/mol. The fourth-order valence-electron chi connectivity index (χ4n) is 2.44. The third kappa shape index (κ3) is 4.58. The van der Waals surface area contributed by atoms with Gasteiger partial charge in [-0.15, -0.1) is 0 Å². The molecule has 1 atom stereocenters. The van der Waals surface area contributed by atoms with Crippen LogP contribution in [-0.2, 0) is 0 Å². The number of hydrogen-bond donors (Lipinski definition) is 2. The Bertz CT molecular complexity index is 401. The Morgan fingerprint density at radius 1 is 1.32 bits per heavy atom. The number of hydrogen-bond acceptors (Lipinski definition) is 2. The number of rotatable bonds is 8. The van der Waals surface area contributed by atoms with E-state index in [4.69, 9.17) is 11.1 Å². The van der Waals surface area contributed by atoms with Crippen LogP contribution in [0.1, 0.15) is 45.1 Å². The number of amidine groups is 1. The predicted octanol–water partition coefficient (Wildman–Crippen LogP) is 3.62. The molecule has 1 aromatic carbocycles. The second kappa shape index (κ2) is 7.82. The fourth-order valence-corrected chi connectivity index (χ4v) is 2.44. The number of unbranched alkanes of at least 4 members (excludes halogenated alkanes) is 1. The van der Waals surface area contributed by atoms with Crippen molar-refractivity contribution in [1.82, 2.24) is 0 Å². The lowest BCUT2D eigenvalue weighted by atomic mass is 9.98. The molecule has 0 aliphatic heterocycles. The number of para-hydroxylation sites is 1. The van der Waals surface area contributed by atoms with E-state index in [2.05, 4.69) is 25.8 Å². The lowest BCUT2D eigenvalue weighted by Crippen LogP contribution is -2.27. The van der Waals surface area contributed by atoms with Gasteiger partial charge in [-0.2, -0.15) is 0 Å².